The van der Waals surface area contributed by atoms with Gasteiger partial charge in [0.2, 0.25) is 0 Å². The number of anilines is 1. The third-order valence-electron chi connectivity index (χ3n) is 3.62. The van der Waals surface area contributed by atoms with E-state index in [-0.39, 0.29) is 11.6 Å². The molecule has 0 bridgehead atoms. The Kier molecular flexibility index (Phi) is 3.51. The summed E-state index contributed by atoms with van der Waals surface area (Å²) in [6.07, 6.45) is 1.34. The molecular formula is C16H11N7O2. The van der Waals surface area contributed by atoms with Crippen molar-refractivity contribution in [1.82, 2.24) is 20.2 Å². The summed E-state index contributed by atoms with van der Waals surface area (Å²) in [7, 11) is 0. The lowest BCUT2D eigenvalue weighted by Gasteiger charge is -1.98. The van der Waals surface area contributed by atoms with Gasteiger partial charge in [0.1, 0.15) is 5.52 Å². The molecule has 9 heteroatoms. The van der Waals surface area contributed by atoms with E-state index in [0.717, 1.165) is 10.9 Å². The molecule has 0 atom stereocenters. The van der Waals surface area contributed by atoms with E-state index in [1.54, 1.807) is 18.2 Å². The molecule has 2 heterocycles. The van der Waals surface area contributed by atoms with Gasteiger partial charge in [-0.1, -0.05) is 30.3 Å². The molecule has 0 saturated heterocycles. The van der Waals surface area contributed by atoms with E-state index in [9.17, 15) is 10.1 Å². The topological polar surface area (TPSA) is 122 Å². The van der Waals surface area contributed by atoms with Crippen LogP contribution >= 0.6 is 0 Å². The Hall–Kier alpha value is -3.88. The summed E-state index contributed by atoms with van der Waals surface area (Å²) in [5.74, 6) is 0.189. The quantitative estimate of drug-likeness (QED) is 0.336. The Balaban J connectivity index is 1.61. The molecule has 4 aromatic rings. The summed E-state index contributed by atoms with van der Waals surface area (Å²) in [5.41, 5.74) is 5.15. The van der Waals surface area contributed by atoms with Crippen molar-refractivity contribution in [2.75, 3.05) is 5.43 Å². The van der Waals surface area contributed by atoms with Crippen LogP contribution in [0.2, 0.25) is 0 Å². The highest BCUT2D eigenvalue weighted by molar-refractivity contribution is 6.03. The standard InChI is InChI=1S/C16H11N7O2/c24-23(25)13-8-4-1-5-10(13)9-17-21-16-19-15-14(20-22-16)11-6-2-3-7-12(11)18-15/h1-9H,(H2,18,19,21,22)/b17-9+. The fraction of sp³-hybridized carbons (Fsp3) is 0. The number of hydrazone groups is 1. The Labute approximate surface area is 140 Å². The van der Waals surface area contributed by atoms with Gasteiger partial charge >= 0.3 is 0 Å². The van der Waals surface area contributed by atoms with Gasteiger partial charge in [-0.15, -0.1) is 10.2 Å². The van der Waals surface area contributed by atoms with Gasteiger partial charge < -0.3 is 4.98 Å². The molecule has 0 fully saturated rings. The molecule has 9 nitrogen and oxygen atoms in total. The van der Waals surface area contributed by atoms with Crippen LogP contribution in [0.15, 0.2) is 53.6 Å². The summed E-state index contributed by atoms with van der Waals surface area (Å²) in [5, 5.41) is 24.0. The zero-order valence-corrected chi connectivity index (χ0v) is 12.7. The highest BCUT2D eigenvalue weighted by Crippen LogP contribution is 2.21. The number of aromatic nitrogens is 4. The van der Waals surface area contributed by atoms with E-state index in [2.05, 4.69) is 30.7 Å². The average Bonchev–Trinajstić information content (AvgIpc) is 3.00. The van der Waals surface area contributed by atoms with Gasteiger partial charge in [-0.3, -0.25) is 10.1 Å². The second-order valence-corrected chi connectivity index (χ2v) is 5.19. The van der Waals surface area contributed by atoms with Gasteiger partial charge in [-0.2, -0.15) is 10.1 Å². The normalized spacial score (nSPS) is 11.4. The lowest BCUT2D eigenvalue weighted by Crippen LogP contribution is -2.00. The second kappa shape index (κ2) is 5.96. The molecule has 2 N–H and O–H groups in total. The van der Waals surface area contributed by atoms with Crippen molar-refractivity contribution in [3.05, 3.63) is 64.2 Å². The van der Waals surface area contributed by atoms with Crippen molar-refractivity contribution in [3.8, 4) is 0 Å². The summed E-state index contributed by atoms with van der Waals surface area (Å²) in [4.78, 5) is 18.0. The summed E-state index contributed by atoms with van der Waals surface area (Å²) in [6, 6.07) is 14.0. The predicted molar refractivity (Wildman–Crippen MR) is 93.5 cm³/mol. The van der Waals surface area contributed by atoms with Crippen molar-refractivity contribution >= 4 is 39.9 Å². The molecular weight excluding hydrogens is 322 g/mol. The molecule has 0 saturated carbocycles. The highest BCUT2D eigenvalue weighted by atomic mass is 16.6. The van der Waals surface area contributed by atoms with Crippen molar-refractivity contribution in [1.29, 1.82) is 0 Å². The zero-order valence-electron chi connectivity index (χ0n) is 12.7. The summed E-state index contributed by atoms with van der Waals surface area (Å²) >= 11 is 0. The van der Waals surface area contributed by atoms with Crippen LogP contribution in [0.3, 0.4) is 0 Å². The van der Waals surface area contributed by atoms with Crippen LogP contribution < -0.4 is 5.43 Å². The molecule has 0 aliphatic rings. The van der Waals surface area contributed by atoms with E-state index in [1.165, 1.54) is 12.3 Å². The lowest BCUT2D eigenvalue weighted by atomic mass is 10.2. The number of benzene rings is 2. The van der Waals surface area contributed by atoms with Gasteiger partial charge in [0.25, 0.3) is 11.6 Å². The van der Waals surface area contributed by atoms with E-state index < -0.39 is 4.92 Å². The van der Waals surface area contributed by atoms with Crippen LogP contribution in [0.4, 0.5) is 11.6 Å². The number of fused-ring (bicyclic) bond motifs is 3. The maximum absolute atomic E-state index is 11.0. The molecule has 0 radical (unpaired) electrons. The molecule has 4 rings (SSSR count). The van der Waals surface area contributed by atoms with Crippen molar-refractivity contribution in [3.63, 3.8) is 0 Å². The molecule has 0 aliphatic heterocycles. The number of nitro groups is 1. The maximum atomic E-state index is 11.0. The van der Waals surface area contributed by atoms with Crippen molar-refractivity contribution < 1.29 is 4.92 Å². The highest BCUT2D eigenvalue weighted by Gasteiger charge is 2.10. The molecule has 0 spiro atoms. The Morgan fingerprint density at radius 2 is 1.92 bits per heavy atom. The fourth-order valence-corrected chi connectivity index (χ4v) is 2.49. The van der Waals surface area contributed by atoms with Gasteiger partial charge in [0, 0.05) is 17.0 Å². The fourth-order valence-electron chi connectivity index (χ4n) is 2.49. The second-order valence-electron chi connectivity index (χ2n) is 5.19. The largest absolute Gasteiger partial charge is 0.338 e. The number of nitrogens with one attached hydrogen (secondary N) is 2. The Morgan fingerprint density at radius 3 is 2.80 bits per heavy atom. The minimum absolute atomic E-state index is 0.0295. The number of hydrogen-bond acceptors (Lipinski definition) is 7. The first-order valence-electron chi connectivity index (χ1n) is 7.36. The zero-order chi connectivity index (χ0) is 17.2. The number of rotatable bonds is 4. The third-order valence-corrected chi connectivity index (χ3v) is 3.62. The van der Waals surface area contributed by atoms with Crippen LogP contribution in [0.5, 0.6) is 0 Å². The predicted octanol–water partition coefficient (Wildman–Crippen LogP) is 2.86. The van der Waals surface area contributed by atoms with Crippen LogP contribution in [-0.4, -0.2) is 31.3 Å². The maximum Gasteiger partial charge on any atom is 0.278 e. The first-order chi connectivity index (χ1) is 12.2. The molecule has 0 amide bonds. The first-order valence-corrected chi connectivity index (χ1v) is 7.36. The molecule has 2 aromatic heterocycles. The third kappa shape index (κ3) is 2.74. The van der Waals surface area contributed by atoms with Gasteiger partial charge in [0.05, 0.1) is 16.7 Å². The molecule has 25 heavy (non-hydrogen) atoms. The van der Waals surface area contributed by atoms with Crippen LogP contribution in [-0.2, 0) is 0 Å². The van der Waals surface area contributed by atoms with Gasteiger partial charge in [-0.25, -0.2) is 5.43 Å². The monoisotopic (exact) mass is 333 g/mol. The molecule has 0 aliphatic carbocycles. The van der Waals surface area contributed by atoms with E-state index in [0.29, 0.717) is 16.7 Å². The number of nitro benzene ring substituents is 1. The van der Waals surface area contributed by atoms with E-state index in [4.69, 9.17) is 0 Å². The smallest absolute Gasteiger partial charge is 0.278 e. The Morgan fingerprint density at radius 1 is 1.12 bits per heavy atom. The van der Waals surface area contributed by atoms with Crippen LogP contribution in [0.1, 0.15) is 5.56 Å². The average molecular weight is 333 g/mol. The summed E-state index contributed by atoms with van der Waals surface area (Å²) in [6.45, 7) is 0. The lowest BCUT2D eigenvalue weighted by molar-refractivity contribution is -0.385. The number of hydrogen-bond donors (Lipinski definition) is 2. The van der Waals surface area contributed by atoms with E-state index >= 15 is 0 Å². The molecule has 0 unspecified atom stereocenters. The van der Waals surface area contributed by atoms with Gasteiger partial charge in [0.15, 0.2) is 5.65 Å². The summed E-state index contributed by atoms with van der Waals surface area (Å²) < 4.78 is 0. The minimum atomic E-state index is -0.462. The minimum Gasteiger partial charge on any atom is -0.338 e. The first kappa shape index (κ1) is 14.7. The van der Waals surface area contributed by atoms with Gasteiger partial charge in [-0.05, 0) is 12.1 Å². The number of para-hydroxylation sites is 2. The van der Waals surface area contributed by atoms with Crippen LogP contribution in [0.25, 0.3) is 22.1 Å². The van der Waals surface area contributed by atoms with Crippen LogP contribution in [0, 0.1) is 10.1 Å². The van der Waals surface area contributed by atoms with E-state index in [1.807, 2.05) is 24.3 Å². The number of aromatic amines is 1. The molecule has 122 valence electrons. The van der Waals surface area contributed by atoms with Crippen molar-refractivity contribution in [2.45, 2.75) is 0 Å². The number of nitrogens with zero attached hydrogens (tertiary/aromatic N) is 5. The Bertz CT molecular complexity index is 1120. The van der Waals surface area contributed by atoms with Crippen molar-refractivity contribution in [2.24, 2.45) is 5.10 Å². The number of H-pyrrole nitrogens is 1. The SMILES string of the molecule is O=[N+]([O-])c1ccccc1/C=N/Nc1nnc2c(n1)[nH]c1ccccc12. The molecule has 2 aromatic carbocycles.